The summed E-state index contributed by atoms with van der Waals surface area (Å²) in [6.45, 7) is 5.31. The predicted octanol–water partition coefficient (Wildman–Crippen LogP) is 4.07. The molecular formula is C18H26ClNO2S. The van der Waals surface area contributed by atoms with Crippen LogP contribution in [-0.2, 0) is 10.4 Å². The quantitative estimate of drug-likeness (QED) is 0.782. The first-order chi connectivity index (χ1) is 11.0. The molecular weight excluding hydrogens is 330 g/mol. The number of aliphatic hydroxyl groups is 1. The molecule has 23 heavy (non-hydrogen) atoms. The van der Waals surface area contributed by atoms with E-state index in [2.05, 4.69) is 6.92 Å². The van der Waals surface area contributed by atoms with Crippen LogP contribution in [0, 0.1) is 0 Å². The van der Waals surface area contributed by atoms with Crippen molar-refractivity contribution in [3.05, 3.63) is 34.9 Å². The number of hydrogen-bond acceptors (Lipinski definition) is 3. The average molecular weight is 356 g/mol. The van der Waals surface area contributed by atoms with Gasteiger partial charge in [-0.1, -0.05) is 43.1 Å². The Labute approximate surface area is 148 Å². The molecule has 1 saturated heterocycles. The van der Waals surface area contributed by atoms with Crippen LogP contribution < -0.4 is 0 Å². The lowest BCUT2D eigenvalue weighted by Crippen LogP contribution is -2.47. The van der Waals surface area contributed by atoms with Crippen LogP contribution in [0.3, 0.4) is 0 Å². The highest BCUT2D eigenvalue weighted by Crippen LogP contribution is 2.37. The molecule has 1 heterocycles. The van der Waals surface area contributed by atoms with Gasteiger partial charge in [0.1, 0.15) is 0 Å². The zero-order chi connectivity index (χ0) is 16.9. The van der Waals surface area contributed by atoms with Gasteiger partial charge in [-0.3, -0.25) is 4.79 Å². The van der Waals surface area contributed by atoms with Crippen molar-refractivity contribution in [1.29, 1.82) is 0 Å². The van der Waals surface area contributed by atoms with Gasteiger partial charge >= 0.3 is 0 Å². The number of benzene rings is 1. The van der Waals surface area contributed by atoms with Gasteiger partial charge in [-0.05, 0) is 38.0 Å². The lowest BCUT2D eigenvalue weighted by atomic mass is 9.84. The molecule has 1 aliphatic rings. The van der Waals surface area contributed by atoms with Crippen LogP contribution in [0.25, 0.3) is 0 Å². The number of unbranched alkanes of at least 4 members (excludes halogenated alkanes) is 1. The zero-order valence-electron chi connectivity index (χ0n) is 13.9. The van der Waals surface area contributed by atoms with E-state index in [1.54, 1.807) is 17.8 Å². The van der Waals surface area contributed by atoms with Crippen molar-refractivity contribution < 1.29 is 9.90 Å². The SMILES string of the molecule is CCCCS[C@@H](C)C(=O)N1CCC(O)(c2ccccc2Cl)CC1. The normalized spacial score (nSPS) is 18.7. The van der Waals surface area contributed by atoms with E-state index < -0.39 is 5.60 Å². The second-order valence-electron chi connectivity index (χ2n) is 6.20. The van der Waals surface area contributed by atoms with Gasteiger partial charge in [0.25, 0.3) is 0 Å². The van der Waals surface area contributed by atoms with E-state index >= 15 is 0 Å². The molecule has 0 saturated carbocycles. The van der Waals surface area contributed by atoms with Crippen LogP contribution >= 0.6 is 23.4 Å². The molecule has 1 amide bonds. The summed E-state index contributed by atoms with van der Waals surface area (Å²) in [7, 11) is 0. The molecule has 0 radical (unpaired) electrons. The summed E-state index contributed by atoms with van der Waals surface area (Å²) in [5.41, 5.74) is -0.146. The third-order valence-corrected chi connectivity index (χ3v) is 6.05. The number of amides is 1. The Kier molecular flexibility index (Phi) is 6.81. The molecule has 1 aliphatic heterocycles. The Bertz CT molecular complexity index is 530. The Morgan fingerprint density at radius 1 is 1.39 bits per heavy atom. The van der Waals surface area contributed by atoms with E-state index in [1.165, 1.54) is 0 Å². The van der Waals surface area contributed by atoms with Crippen molar-refractivity contribution in [2.45, 2.75) is 50.4 Å². The fourth-order valence-corrected chi connectivity index (χ4v) is 4.35. The van der Waals surface area contributed by atoms with Crippen LogP contribution in [0.4, 0.5) is 0 Å². The van der Waals surface area contributed by atoms with Crippen LogP contribution in [0.5, 0.6) is 0 Å². The second-order valence-corrected chi connectivity index (χ2v) is 8.06. The second kappa shape index (κ2) is 8.41. The Morgan fingerprint density at radius 2 is 2.04 bits per heavy atom. The monoisotopic (exact) mass is 355 g/mol. The smallest absolute Gasteiger partial charge is 0.235 e. The molecule has 0 aliphatic carbocycles. The number of hydrogen-bond donors (Lipinski definition) is 1. The summed E-state index contributed by atoms with van der Waals surface area (Å²) in [6, 6.07) is 7.44. The minimum atomic E-state index is -0.923. The molecule has 5 heteroatoms. The van der Waals surface area contributed by atoms with Crippen LogP contribution in [-0.4, -0.2) is 40.0 Å². The number of piperidine rings is 1. The minimum Gasteiger partial charge on any atom is -0.385 e. The van der Waals surface area contributed by atoms with E-state index in [4.69, 9.17) is 11.6 Å². The van der Waals surface area contributed by atoms with Gasteiger partial charge in [0.15, 0.2) is 0 Å². The van der Waals surface area contributed by atoms with Crippen molar-refractivity contribution >= 4 is 29.3 Å². The Morgan fingerprint density at radius 3 is 2.65 bits per heavy atom. The number of halogens is 1. The van der Waals surface area contributed by atoms with E-state index in [0.717, 1.165) is 24.2 Å². The van der Waals surface area contributed by atoms with E-state index in [9.17, 15) is 9.90 Å². The van der Waals surface area contributed by atoms with Gasteiger partial charge in [0, 0.05) is 23.7 Å². The number of likely N-dealkylation sites (tertiary alicyclic amines) is 1. The van der Waals surface area contributed by atoms with E-state index in [1.807, 2.05) is 30.0 Å². The Balaban J connectivity index is 1.93. The molecule has 3 nitrogen and oxygen atoms in total. The molecule has 0 spiro atoms. The fourth-order valence-electron chi connectivity index (χ4n) is 2.94. The largest absolute Gasteiger partial charge is 0.385 e. The van der Waals surface area contributed by atoms with Crippen molar-refractivity contribution in [3.8, 4) is 0 Å². The molecule has 0 bridgehead atoms. The highest BCUT2D eigenvalue weighted by atomic mass is 35.5. The topological polar surface area (TPSA) is 40.5 Å². The highest BCUT2D eigenvalue weighted by molar-refractivity contribution is 8.00. The van der Waals surface area contributed by atoms with Crippen LogP contribution in [0.1, 0.15) is 45.1 Å². The van der Waals surface area contributed by atoms with Crippen molar-refractivity contribution in [1.82, 2.24) is 4.90 Å². The zero-order valence-corrected chi connectivity index (χ0v) is 15.5. The first-order valence-electron chi connectivity index (χ1n) is 8.35. The molecule has 0 unspecified atom stereocenters. The van der Waals surface area contributed by atoms with Gasteiger partial charge < -0.3 is 10.0 Å². The molecule has 128 valence electrons. The molecule has 2 rings (SSSR count). The van der Waals surface area contributed by atoms with Gasteiger partial charge in [-0.25, -0.2) is 0 Å². The Hall–Kier alpha value is -0.710. The third kappa shape index (κ3) is 4.65. The molecule has 1 aromatic carbocycles. The van der Waals surface area contributed by atoms with Crippen LogP contribution in [0.15, 0.2) is 24.3 Å². The highest BCUT2D eigenvalue weighted by Gasteiger charge is 2.37. The number of thioether (sulfide) groups is 1. The number of rotatable bonds is 6. The lowest BCUT2D eigenvalue weighted by molar-refractivity contribution is -0.134. The molecule has 1 aromatic rings. The van der Waals surface area contributed by atoms with Crippen molar-refractivity contribution in [2.75, 3.05) is 18.8 Å². The number of carbonyl (C=O) groups is 1. The number of nitrogens with zero attached hydrogens (tertiary/aromatic N) is 1. The fraction of sp³-hybridized carbons (Fsp3) is 0.611. The summed E-state index contributed by atoms with van der Waals surface area (Å²) in [5.74, 6) is 1.22. The summed E-state index contributed by atoms with van der Waals surface area (Å²) in [6.07, 6.45) is 3.38. The summed E-state index contributed by atoms with van der Waals surface area (Å²) >= 11 is 7.95. The summed E-state index contributed by atoms with van der Waals surface area (Å²) in [5, 5.41) is 11.5. The maximum atomic E-state index is 12.5. The molecule has 0 aromatic heterocycles. The predicted molar refractivity (Wildman–Crippen MR) is 98.0 cm³/mol. The van der Waals surface area contributed by atoms with Gasteiger partial charge in [0.2, 0.25) is 5.91 Å². The van der Waals surface area contributed by atoms with Crippen molar-refractivity contribution in [2.24, 2.45) is 0 Å². The maximum Gasteiger partial charge on any atom is 0.235 e. The molecule has 1 fully saturated rings. The first kappa shape index (κ1) is 18.6. The molecule has 1 atom stereocenters. The number of carbonyl (C=O) groups excluding carboxylic acids is 1. The van der Waals surface area contributed by atoms with Crippen molar-refractivity contribution in [3.63, 3.8) is 0 Å². The van der Waals surface area contributed by atoms with Gasteiger partial charge in [-0.15, -0.1) is 11.8 Å². The third-order valence-electron chi connectivity index (χ3n) is 4.49. The van der Waals surface area contributed by atoms with Crippen LogP contribution in [0.2, 0.25) is 5.02 Å². The average Bonchev–Trinajstić information content (AvgIpc) is 2.55. The minimum absolute atomic E-state index is 0.00643. The molecule has 1 N–H and O–H groups in total. The van der Waals surface area contributed by atoms with Gasteiger partial charge in [0.05, 0.1) is 10.9 Å². The van der Waals surface area contributed by atoms with Gasteiger partial charge in [-0.2, -0.15) is 0 Å². The summed E-state index contributed by atoms with van der Waals surface area (Å²) in [4.78, 5) is 14.4. The summed E-state index contributed by atoms with van der Waals surface area (Å²) < 4.78 is 0. The maximum absolute atomic E-state index is 12.5. The first-order valence-corrected chi connectivity index (χ1v) is 9.78. The standard InChI is InChI=1S/C18H26ClNO2S/c1-3-4-13-23-14(2)17(21)20-11-9-18(22,10-12-20)15-7-5-6-8-16(15)19/h5-8,14,22H,3-4,9-13H2,1-2H3/t14-/m0/s1. The van der Waals surface area contributed by atoms with E-state index in [0.29, 0.717) is 31.0 Å². The van der Waals surface area contributed by atoms with E-state index in [-0.39, 0.29) is 11.2 Å². The lowest BCUT2D eigenvalue weighted by Gasteiger charge is -2.39.